The molecule has 0 radical (unpaired) electrons. The van der Waals surface area contributed by atoms with Gasteiger partial charge in [-0.2, -0.15) is 0 Å². The minimum absolute atomic E-state index is 0.579. The summed E-state index contributed by atoms with van der Waals surface area (Å²) in [5.41, 5.74) is 2.77. The average molecular weight is 218 g/mol. The Morgan fingerprint density at radius 1 is 0.812 bits per heavy atom. The summed E-state index contributed by atoms with van der Waals surface area (Å²) in [4.78, 5) is 4.99. The van der Waals surface area contributed by atoms with Gasteiger partial charge in [0.1, 0.15) is 0 Å². The lowest BCUT2D eigenvalue weighted by molar-refractivity contribution is 0.603. The summed E-state index contributed by atoms with van der Waals surface area (Å²) in [6, 6.07) is 9.91. The maximum Gasteiger partial charge on any atom is 0.0607 e. The van der Waals surface area contributed by atoms with Gasteiger partial charge in [-0.3, -0.25) is 0 Å². The highest BCUT2D eigenvalue weighted by molar-refractivity contribution is 5.74. The number of benzene rings is 1. The predicted octanol–water partition coefficient (Wildman–Crippen LogP) is 3.13. The summed E-state index contributed by atoms with van der Waals surface area (Å²) in [5, 5.41) is 0. The average Bonchev–Trinajstić information content (AvgIpc) is 2.27. The SMILES string of the molecule is CC(C)N1CCN(C(C)C)c2ccccc21. The second-order valence-corrected chi connectivity index (χ2v) is 5.06. The van der Waals surface area contributed by atoms with Crippen molar-refractivity contribution in [2.24, 2.45) is 0 Å². The molecule has 0 fully saturated rings. The van der Waals surface area contributed by atoms with E-state index >= 15 is 0 Å². The molecule has 0 amide bonds. The molecule has 0 unspecified atom stereocenters. The van der Waals surface area contributed by atoms with Crippen LogP contribution < -0.4 is 9.80 Å². The van der Waals surface area contributed by atoms with Crippen LogP contribution in [0.1, 0.15) is 27.7 Å². The molecule has 2 heteroatoms. The van der Waals surface area contributed by atoms with Gasteiger partial charge in [-0.15, -0.1) is 0 Å². The lowest BCUT2D eigenvalue weighted by Gasteiger charge is -2.42. The van der Waals surface area contributed by atoms with Gasteiger partial charge in [-0.1, -0.05) is 12.1 Å². The number of anilines is 2. The summed E-state index contributed by atoms with van der Waals surface area (Å²) in [6.45, 7) is 11.3. The zero-order chi connectivity index (χ0) is 11.7. The number of hydrogen-bond acceptors (Lipinski definition) is 2. The van der Waals surface area contributed by atoms with Gasteiger partial charge in [0, 0.05) is 25.2 Å². The van der Waals surface area contributed by atoms with Crippen molar-refractivity contribution in [3.05, 3.63) is 24.3 Å². The summed E-state index contributed by atoms with van der Waals surface area (Å²) in [5.74, 6) is 0. The third-order valence-corrected chi connectivity index (χ3v) is 3.33. The van der Waals surface area contributed by atoms with E-state index in [9.17, 15) is 0 Å². The van der Waals surface area contributed by atoms with E-state index in [4.69, 9.17) is 0 Å². The van der Waals surface area contributed by atoms with Gasteiger partial charge in [0.2, 0.25) is 0 Å². The maximum atomic E-state index is 2.49. The highest BCUT2D eigenvalue weighted by atomic mass is 15.3. The van der Waals surface area contributed by atoms with Crippen molar-refractivity contribution in [2.45, 2.75) is 39.8 Å². The first-order chi connectivity index (χ1) is 7.61. The van der Waals surface area contributed by atoms with Crippen molar-refractivity contribution in [3.8, 4) is 0 Å². The number of fused-ring (bicyclic) bond motifs is 1. The van der Waals surface area contributed by atoms with Crippen LogP contribution in [0.4, 0.5) is 11.4 Å². The zero-order valence-electron chi connectivity index (χ0n) is 10.8. The molecule has 0 atom stereocenters. The Kier molecular flexibility index (Phi) is 3.08. The second kappa shape index (κ2) is 4.36. The van der Waals surface area contributed by atoms with E-state index in [0.717, 1.165) is 13.1 Å². The molecule has 16 heavy (non-hydrogen) atoms. The molecule has 0 saturated carbocycles. The van der Waals surface area contributed by atoms with Crippen molar-refractivity contribution in [1.29, 1.82) is 0 Å². The van der Waals surface area contributed by atoms with Crippen molar-refractivity contribution >= 4 is 11.4 Å². The highest BCUT2D eigenvalue weighted by Gasteiger charge is 2.24. The minimum Gasteiger partial charge on any atom is -0.366 e. The van der Waals surface area contributed by atoms with E-state index in [1.54, 1.807) is 0 Å². The van der Waals surface area contributed by atoms with E-state index in [-0.39, 0.29) is 0 Å². The molecule has 0 N–H and O–H groups in total. The third-order valence-electron chi connectivity index (χ3n) is 3.33. The normalized spacial score (nSPS) is 15.9. The number of rotatable bonds is 2. The minimum atomic E-state index is 0.579. The monoisotopic (exact) mass is 218 g/mol. The highest BCUT2D eigenvalue weighted by Crippen LogP contribution is 2.34. The third kappa shape index (κ3) is 1.89. The molecule has 0 aromatic heterocycles. The standard InChI is InChI=1S/C14H22N2/c1-11(2)15-9-10-16(12(3)4)14-8-6-5-7-13(14)15/h5-8,11-12H,9-10H2,1-4H3. The molecule has 0 bridgehead atoms. The van der Waals surface area contributed by atoms with Crippen LogP contribution in [0.5, 0.6) is 0 Å². The van der Waals surface area contributed by atoms with Crippen LogP contribution in [0.3, 0.4) is 0 Å². The number of hydrogen-bond donors (Lipinski definition) is 0. The second-order valence-electron chi connectivity index (χ2n) is 5.06. The van der Waals surface area contributed by atoms with Gasteiger partial charge in [0.25, 0.3) is 0 Å². The summed E-state index contributed by atoms with van der Waals surface area (Å²) in [7, 11) is 0. The van der Waals surface area contributed by atoms with Crippen LogP contribution in [0.25, 0.3) is 0 Å². The van der Waals surface area contributed by atoms with Gasteiger partial charge < -0.3 is 9.80 Å². The van der Waals surface area contributed by atoms with Gasteiger partial charge in [0.05, 0.1) is 11.4 Å². The number of nitrogens with zero attached hydrogens (tertiary/aromatic N) is 2. The van der Waals surface area contributed by atoms with Crippen LogP contribution in [-0.4, -0.2) is 25.2 Å². The molecule has 0 aliphatic carbocycles. The molecule has 1 aliphatic heterocycles. The van der Waals surface area contributed by atoms with Crippen LogP contribution in [-0.2, 0) is 0 Å². The first-order valence-corrected chi connectivity index (χ1v) is 6.23. The van der Waals surface area contributed by atoms with Gasteiger partial charge in [-0.05, 0) is 39.8 Å². The molecule has 2 nitrogen and oxygen atoms in total. The van der Waals surface area contributed by atoms with Gasteiger partial charge in [0.15, 0.2) is 0 Å². The van der Waals surface area contributed by atoms with E-state index in [1.165, 1.54) is 11.4 Å². The first kappa shape index (κ1) is 11.3. The molecule has 1 aromatic carbocycles. The summed E-state index contributed by atoms with van der Waals surface area (Å²) in [6.07, 6.45) is 0. The molecule has 88 valence electrons. The lowest BCUT2D eigenvalue weighted by atomic mass is 10.1. The van der Waals surface area contributed by atoms with Crippen molar-refractivity contribution in [2.75, 3.05) is 22.9 Å². The van der Waals surface area contributed by atoms with Gasteiger partial charge in [-0.25, -0.2) is 0 Å². The van der Waals surface area contributed by atoms with Crippen molar-refractivity contribution < 1.29 is 0 Å². The largest absolute Gasteiger partial charge is 0.366 e. The molecular formula is C14H22N2. The molecule has 0 spiro atoms. The molecular weight excluding hydrogens is 196 g/mol. The van der Waals surface area contributed by atoms with Crippen LogP contribution in [0, 0.1) is 0 Å². The Bertz CT molecular complexity index is 323. The van der Waals surface area contributed by atoms with Crippen molar-refractivity contribution in [1.82, 2.24) is 0 Å². The Hall–Kier alpha value is -1.18. The maximum absolute atomic E-state index is 2.49. The smallest absolute Gasteiger partial charge is 0.0607 e. The number of para-hydroxylation sites is 2. The van der Waals surface area contributed by atoms with Crippen LogP contribution >= 0.6 is 0 Å². The van der Waals surface area contributed by atoms with E-state index < -0.39 is 0 Å². The fourth-order valence-electron chi connectivity index (χ4n) is 2.48. The van der Waals surface area contributed by atoms with E-state index in [0.29, 0.717) is 12.1 Å². The first-order valence-electron chi connectivity index (χ1n) is 6.23. The fraction of sp³-hybridized carbons (Fsp3) is 0.571. The van der Waals surface area contributed by atoms with E-state index in [1.807, 2.05) is 0 Å². The molecule has 0 saturated heterocycles. The molecule has 1 aliphatic rings. The molecule has 1 aromatic rings. The van der Waals surface area contributed by atoms with E-state index in [2.05, 4.69) is 61.8 Å². The Labute approximate surface area is 98.9 Å². The molecule has 1 heterocycles. The van der Waals surface area contributed by atoms with Crippen LogP contribution in [0.2, 0.25) is 0 Å². The Morgan fingerprint density at radius 2 is 1.19 bits per heavy atom. The summed E-state index contributed by atoms with van der Waals surface area (Å²) >= 11 is 0. The Balaban J connectivity index is 2.40. The fourth-order valence-corrected chi connectivity index (χ4v) is 2.48. The van der Waals surface area contributed by atoms with Gasteiger partial charge >= 0.3 is 0 Å². The molecule has 2 rings (SSSR count). The summed E-state index contributed by atoms with van der Waals surface area (Å²) < 4.78 is 0. The predicted molar refractivity (Wildman–Crippen MR) is 71.4 cm³/mol. The quantitative estimate of drug-likeness (QED) is 0.752. The van der Waals surface area contributed by atoms with Crippen LogP contribution in [0.15, 0.2) is 24.3 Å². The zero-order valence-corrected chi connectivity index (χ0v) is 10.8. The topological polar surface area (TPSA) is 6.48 Å². The Morgan fingerprint density at radius 3 is 1.50 bits per heavy atom. The van der Waals surface area contributed by atoms with Crippen molar-refractivity contribution in [3.63, 3.8) is 0 Å². The lowest BCUT2D eigenvalue weighted by Crippen LogP contribution is -2.46.